The molecule has 1 aromatic rings. The van der Waals surface area contributed by atoms with E-state index in [-0.39, 0.29) is 0 Å². The molecule has 0 amide bonds. The van der Waals surface area contributed by atoms with Gasteiger partial charge < -0.3 is 10.2 Å². The van der Waals surface area contributed by atoms with Crippen LogP contribution in [0.15, 0.2) is 18.2 Å². The molecule has 0 radical (unpaired) electrons. The molecule has 0 bridgehead atoms. The van der Waals surface area contributed by atoms with Gasteiger partial charge in [0.05, 0.1) is 0 Å². The first kappa shape index (κ1) is 15.7. The number of nitrogens with one attached hydrogen (secondary N) is 1. The first-order valence-corrected chi connectivity index (χ1v) is 8.36. The summed E-state index contributed by atoms with van der Waals surface area (Å²) in [4.78, 5) is 2.53. The summed E-state index contributed by atoms with van der Waals surface area (Å²) in [7, 11) is 0. The summed E-state index contributed by atoms with van der Waals surface area (Å²) in [6.07, 6.45) is 5.14. The van der Waals surface area contributed by atoms with Crippen LogP contribution in [0.4, 0.5) is 5.69 Å². The molecule has 0 spiro atoms. The maximum absolute atomic E-state index is 6.23. The molecule has 0 saturated heterocycles. The minimum Gasteiger partial charge on any atom is -0.371 e. The van der Waals surface area contributed by atoms with E-state index < -0.39 is 0 Å². The molecular weight excluding hydrogens is 268 g/mol. The first-order chi connectivity index (χ1) is 9.74. The van der Waals surface area contributed by atoms with E-state index in [0.29, 0.717) is 0 Å². The number of rotatable bonds is 9. The van der Waals surface area contributed by atoms with Crippen molar-refractivity contribution in [2.24, 2.45) is 5.92 Å². The number of nitrogens with zero attached hydrogens (tertiary/aromatic N) is 1. The third-order valence-corrected chi connectivity index (χ3v) is 4.03. The van der Waals surface area contributed by atoms with Crippen molar-refractivity contribution >= 4 is 17.3 Å². The van der Waals surface area contributed by atoms with Crippen LogP contribution in [0.25, 0.3) is 0 Å². The quantitative estimate of drug-likeness (QED) is 0.676. The van der Waals surface area contributed by atoms with Crippen LogP contribution in [-0.4, -0.2) is 19.6 Å². The minimum atomic E-state index is 0.844. The highest BCUT2D eigenvalue weighted by Crippen LogP contribution is 2.33. The fourth-order valence-electron chi connectivity index (χ4n) is 2.57. The maximum Gasteiger partial charge on any atom is 0.0426 e. The van der Waals surface area contributed by atoms with Gasteiger partial charge in [-0.1, -0.05) is 31.5 Å². The third kappa shape index (κ3) is 4.68. The van der Waals surface area contributed by atoms with Crippen molar-refractivity contribution in [3.8, 4) is 0 Å². The third-order valence-electron chi connectivity index (χ3n) is 3.80. The number of halogens is 1. The van der Waals surface area contributed by atoms with E-state index in [1.807, 2.05) is 6.07 Å². The molecule has 1 N–H and O–H groups in total. The van der Waals surface area contributed by atoms with E-state index in [1.54, 1.807) is 0 Å². The molecule has 112 valence electrons. The van der Waals surface area contributed by atoms with Crippen LogP contribution in [0.3, 0.4) is 0 Å². The molecule has 1 fully saturated rings. The van der Waals surface area contributed by atoms with Crippen molar-refractivity contribution in [1.29, 1.82) is 0 Å². The van der Waals surface area contributed by atoms with Crippen molar-refractivity contribution in [2.45, 2.75) is 46.1 Å². The highest BCUT2D eigenvalue weighted by atomic mass is 35.5. The van der Waals surface area contributed by atoms with E-state index in [0.717, 1.165) is 30.6 Å². The molecule has 2 nitrogen and oxygen atoms in total. The second kappa shape index (κ2) is 7.90. The second-order valence-corrected chi connectivity index (χ2v) is 6.28. The van der Waals surface area contributed by atoms with Gasteiger partial charge in [-0.05, 0) is 55.8 Å². The molecule has 3 heteroatoms. The average Bonchev–Trinajstić information content (AvgIpc) is 3.24. The Balaban J connectivity index is 2.13. The summed E-state index contributed by atoms with van der Waals surface area (Å²) in [5.74, 6) is 0.900. The smallest absolute Gasteiger partial charge is 0.0426 e. The zero-order chi connectivity index (χ0) is 14.4. The molecular formula is C17H27ClN2. The molecule has 0 aromatic heterocycles. The zero-order valence-electron chi connectivity index (χ0n) is 12.8. The second-order valence-electron chi connectivity index (χ2n) is 5.84. The Morgan fingerprint density at radius 1 is 1.25 bits per heavy atom. The molecule has 0 unspecified atom stereocenters. The van der Waals surface area contributed by atoms with Gasteiger partial charge in [0.2, 0.25) is 0 Å². The lowest BCUT2D eigenvalue weighted by atomic mass is 10.1. The number of benzene rings is 1. The van der Waals surface area contributed by atoms with Crippen molar-refractivity contribution in [2.75, 3.05) is 24.5 Å². The van der Waals surface area contributed by atoms with E-state index in [9.17, 15) is 0 Å². The van der Waals surface area contributed by atoms with Crippen molar-refractivity contribution < 1.29 is 0 Å². The van der Waals surface area contributed by atoms with Gasteiger partial charge in [0.25, 0.3) is 0 Å². The van der Waals surface area contributed by atoms with Crippen molar-refractivity contribution in [3.05, 3.63) is 28.8 Å². The van der Waals surface area contributed by atoms with Gasteiger partial charge in [0.15, 0.2) is 0 Å². The Labute approximate surface area is 128 Å². The summed E-state index contributed by atoms with van der Waals surface area (Å²) in [5.41, 5.74) is 2.70. The fourth-order valence-corrected chi connectivity index (χ4v) is 2.74. The number of anilines is 1. The van der Waals surface area contributed by atoms with E-state index in [2.05, 4.69) is 36.2 Å². The highest BCUT2D eigenvalue weighted by molar-refractivity contribution is 6.30. The molecule has 1 aliphatic carbocycles. The lowest BCUT2D eigenvalue weighted by Crippen LogP contribution is -2.28. The Hall–Kier alpha value is -0.730. The van der Waals surface area contributed by atoms with E-state index in [4.69, 9.17) is 11.6 Å². The van der Waals surface area contributed by atoms with Gasteiger partial charge in [-0.25, -0.2) is 0 Å². The normalized spacial score (nSPS) is 14.6. The Morgan fingerprint density at radius 2 is 2.05 bits per heavy atom. The Kier molecular flexibility index (Phi) is 6.18. The van der Waals surface area contributed by atoms with Gasteiger partial charge in [0.1, 0.15) is 0 Å². The predicted octanol–water partition coefficient (Wildman–Crippen LogP) is 4.47. The predicted molar refractivity (Wildman–Crippen MR) is 88.7 cm³/mol. The molecule has 0 heterocycles. The van der Waals surface area contributed by atoms with E-state index in [1.165, 1.54) is 43.5 Å². The summed E-state index contributed by atoms with van der Waals surface area (Å²) in [6.45, 7) is 8.77. The van der Waals surface area contributed by atoms with Gasteiger partial charge in [-0.2, -0.15) is 0 Å². The van der Waals surface area contributed by atoms with Gasteiger partial charge >= 0.3 is 0 Å². The van der Waals surface area contributed by atoms with Crippen LogP contribution < -0.4 is 10.2 Å². The minimum absolute atomic E-state index is 0.844. The fraction of sp³-hybridized carbons (Fsp3) is 0.647. The van der Waals surface area contributed by atoms with Crippen molar-refractivity contribution in [1.82, 2.24) is 5.32 Å². The zero-order valence-corrected chi connectivity index (χ0v) is 13.5. The lowest BCUT2D eigenvalue weighted by Gasteiger charge is -2.27. The van der Waals surface area contributed by atoms with Crippen LogP contribution >= 0.6 is 11.6 Å². The van der Waals surface area contributed by atoms with Crippen LogP contribution in [0.1, 0.15) is 45.1 Å². The van der Waals surface area contributed by atoms with Gasteiger partial charge in [-0.15, -0.1) is 0 Å². The topological polar surface area (TPSA) is 15.3 Å². The van der Waals surface area contributed by atoms with Crippen LogP contribution in [0, 0.1) is 5.92 Å². The number of hydrogen-bond acceptors (Lipinski definition) is 2. The molecule has 0 aliphatic heterocycles. The van der Waals surface area contributed by atoms with Crippen LogP contribution in [-0.2, 0) is 6.54 Å². The number of hydrogen-bond donors (Lipinski definition) is 1. The molecule has 20 heavy (non-hydrogen) atoms. The first-order valence-electron chi connectivity index (χ1n) is 7.98. The van der Waals surface area contributed by atoms with E-state index >= 15 is 0 Å². The average molecular weight is 295 g/mol. The van der Waals surface area contributed by atoms with Crippen LogP contribution in [0.5, 0.6) is 0 Å². The van der Waals surface area contributed by atoms with Crippen molar-refractivity contribution in [3.63, 3.8) is 0 Å². The van der Waals surface area contributed by atoms with Crippen LogP contribution in [0.2, 0.25) is 5.02 Å². The summed E-state index contributed by atoms with van der Waals surface area (Å²) < 4.78 is 0. The summed E-state index contributed by atoms with van der Waals surface area (Å²) >= 11 is 6.23. The molecule has 2 rings (SSSR count). The largest absolute Gasteiger partial charge is 0.371 e. The molecule has 1 saturated carbocycles. The standard InChI is InChI=1S/C17H27ClN2/c1-3-9-19-12-15-7-8-16(18)11-17(15)20(10-4-2)13-14-5-6-14/h7-8,11,14,19H,3-6,9-10,12-13H2,1-2H3. The maximum atomic E-state index is 6.23. The molecule has 1 aliphatic rings. The molecule has 0 atom stereocenters. The van der Waals surface area contributed by atoms with Gasteiger partial charge in [-0.3, -0.25) is 0 Å². The Morgan fingerprint density at radius 3 is 2.70 bits per heavy atom. The lowest BCUT2D eigenvalue weighted by molar-refractivity contribution is 0.664. The SMILES string of the molecule is CCCNCc1ccc(Cl)cc1N(CCC)CC1CC1. The van der Waals surface area contributed by atoms with Gasteiger partial charge in [0, 0.05) is 30.3 Å². The monoisotopic (exact) mass is 294 g/mol. The summed E-state index contributed by atoms with van der Waals surface area (Å²) in [6, 6.07) is 6.33. The highest BCUT2D eigenvalue weighted by Gasteiger charge is 2.25. The summed E-state index contributed by atoms with van der Waals surface area (Å²) in [5, 5.41) is 4.35. The Bertz CT molecular complexity index is 415. The molecule has 1 aromatic carbocycles.